The first-order valence-corrected chi connectivity index (χ1v) is 5.33. The van der Waals surface area contributed by atoms with Gasteiger partial charge in [0.05, 0.1) is 5.60 Å². The molecule has 74 valence electrons. The van der Waals surface area contributed by atoms with Crippen molar-refractivity contribution in [1.82, 2.24) is 0 Å². The molecule has 0 aromatic heterocycles. The molecule has 0 fully saturated rings. The molecule has 0 saturated heterocycles. The zero-order chi connectivity index (χ0) is 9.57. The van der Waals surface area contributed by atoms with Crippen molar-refractivity contribution < 1.29 is 5.11 Å². The molecule has 0 aromatic rings. The van der Waals surface area contributed by atoms with Gasteiger partial charge in [-0.25, -0.2) is 0 Å². The second-order valence-corrected chi connectivity index (χ2v) is 3.91. The van der Waals surface area contributed by atoms with Crippen molar-refractivity contribution in [2.24, 2.45) is 0 Å². The molecule has 0 amide bonds. The highest BCUT2D eigenvalue weighted by atomic mass is 16.3. The van der Waals surface area contributed by atoms with E-state index in [1.54, 1.807) is 0 Å². The molecule has 1 N–H and O–H groups in total. The summed E-state index contributed by atoms with van der Waals surface area (Å²) in [5.74, 6) is 0. The summed E-state index contributed by atoms with van der Waals surface area (Å²) in [5.41, 5.74) is -0.539. The summed E-state index contributed by atoms with van der Waals surface area (Å²) in [5, 5.41) is 10.0. The average molecular weight is 180 g/mol. The van der Waals surface area contributed by atoms with E-state index >= 15 is 0 Å². The number of aliphatic hydroxyl groups is 1. The van der Waals surface area contributed by atoms with Gasteiger partial charge in [-0.1, -0.05) is 56.9 Å². The molecule has 1 nitrogen and oxygen atoms in total. The van der Waals surface area contributed by atoms with Crippen LogP contribution in [0.3, 0.4) is 0 Å². The fraction of sp³-hybridized carbons (Fsp3) is 0.667. The highest BCUT2D eigenvalue weighted by Gasteiger charge is 2.21. The Labute approximate surface area is 81.2 Å². The van der Waals surface area contributed by atoms with Gasteiger partial charge in [0.2, 0.25) is 0 Å². The summed E-state index contributed by atoms with van der Waals surface area (Å²) in [6.45, 7) is 2.21. The maximum Gasteiger partial charge on any atom is 0.0865 e. The van der Waals surface area contributed by atoms with Crippen molar-refractivity contribution in [1.29, 1.82) is 0 Å². The van der Waals surface area contributed by atoms with Crippen LogP contribution in [0.1, 0.15) is 45.4 Å². The lowest BCUT2D eigenvalue weighted by atomic mass is 9.89. The third kappa shape index (κ3) is 3.77. The summed E-state index contributed by atoms with van der Waals surface area (Å²) in [7, 11) is 0. The van der Waals surface area contributed by atoms with E-state index in [-0.39, 0.29) is 0 Å². The predicted octanol–water partition coefficient (Wildman–Crippen LogP) is 3.20. The highest BCUT2D eigenvalue weighted by molar-refractivity contribution is 5.17. The van der Waals surface area contributed by atoms with Crippen LogP contribution in [0.2, 0.25) is 0 Å². The molecule has 1 aliphatic carbocycles. The second-order valence-electron chi connectivity index (χ2n) is 3.91. The van der Waals surface area contributed by atoms with Crippen molar-refractivity contribution in [3.63, 3.8) is 0 Å². The van der Waals surface area contributed by atoms with Gasteiger partial charge in [0.25, 0.3) is 0 Å². The minimum Gasteiger partial charge on any atom is -0.385 e. The molecule has 0 saturated carbocycles. The summed E-state index contributed by atoms with van der Waals surface area (Å²) >= 11 is 0. The number of allylic oxidation sites excluding steroid dienone is 2. The van der Waals surface area contributed by atoms with Gasteiger partial charge in [-0.3, -0.25) is 0 Å². The van der Waals surface area contributed by atoms with Crippen molar-refractivity contribution in [3.8, 4) is 0 Å². The Bertz CT molecular complexity index is 193. The summed E-state index contributed by atoms with van der Waals surface area (Å²) in [6.07, 6.45) is 14.6. The van der Waals surface area contributed by atoms with Crippen molar-refractivity contribution in [2.75, 3.05) is 0 Å². The Balaban J connectivity index is 2.19. The third-order valence-electron chi connectivity index (χ3n) is 2.59. The lowest BCUT2D eigenvalue weighted by Crippen LogP contribution is -2.25. The van der Waals surface area contributed by atoms with Gasteiger partial charge in [0.15, 0.2) is 0 Å². The van der Waals surface area contributed by atoms with Gasteiger partial charge < -0.3 is 5.11 Å². The molecule has 13 heavy (non-hydrogen) atoms. The van der Waals surface area contributed by atoms with E-state index in [1.807, 2.05) is 24.3 Å². The Morgan fingerprint density at radius 2 is 2.08 bits per heavy atom. The fourth-order valence-corrected chi connectivity index (χ4v) is 1.70. The molecule has 0 aliphatic heterocycles. The van der Waals surface area contributed by atoms with E-state index in [2.05, 4.69) is 6.92 Å². The van der Waals surface area contributed by atoms with E-state index in [9.17, 15) is 5.11 Å². The van der Waals surface area contributed by atoms with Gasteiger partial charge in [0.1, 0.15) is 0 Å². The molecular formula is C12H20O. The minimum atomic E-state index is -0.539. The van der Waals surface area contributed by atoms with E-state index in [1.165, 1.54) is 19.3 Å². The number of hydrogen-bond donors (Lipinski definition) is 1. The van der Waals surface area contributed by atoms with Crippen LogP contribution in [-0.4, -0.2) is 10.7 Å². The zero-order valence-corrected chi connectivity index (χ0v) is 8.50. The second kappa shape index (κ2) is 5.23. The van der Waals surface area contributed by atoms with Gasteiger partial charge in [-0.05, 0) is 12.8 Å². The van der Waals surface area contributed by atoms with Crippen LogP contribution in [0.4, 0.5) is 0 Å². The maximum atomic E-state index is 10.0. The van der Waals surface area contributed by atoms with Crippen molar-refractivity contribution >= 4 is 0 Å². The molecule has 1 unspecified atom stereocenters. The van der Waals surface area contributed by atoms with Crippen LogP contribution in [0.15, 0.2) is 24.3 Å². The lowest BCUT2D eigenvalue weighted by Gasteiger charge is -2.24. The lowest BCUT2D eigenvalue weighted by molar-refractivity contribution is 0.0804. The first kappa shape index (κ1) is 10.5. The molecule has 0 heterocycles. The predicted molar refractivity (Wildman–Crippen MR) is 56.6 cm³/mol. The average Bonchev–Trinajstić information content (AvgIpc) is 2.14. The van der Waals surface area contributed by atoms with Gasteiger partial charge in [0, 0.05) is 0 Å². The first-order valence-electron chi connectivity index (χ1n) is 5.33. The number of hydrogen-bond acceptors (Lipinski definition) is 1. The zero-order valence-electron chi connectivity index (χ0n) is 8.50. The molecule has 0 radical (unpaired) electrons. The van der Waals surface area contributed by atoms with Gasteiger partial charge in [-0.15, -0.1) is 0 Å². The Morgan fingerprint density at radius 3 is 2.69 bits per heavy atom. The Hall–Kier alpha value is -0.560. The monoisotopic (exact) mass is 180 g/mol. The van der Waals surface area contributed by atoms with Crippen LogP contribution in [-0.2, 0) is 0 Å². The van der Waals surface area contributed by atoms with Gasteiger partial charge >= 0.3 is 0 Å². The molecule has 1 aliphatic rings. The minimum absolute atomic E-state index is 0.539. The van der Waals surface area contributed by atoms with Crippen molar-refractivity contribution in [2.45, 2.75) is 51.0 Å². The Morgan fingerprint density at radius 1 is 1.23 bits per heavy atom. The Kier molecular flexibility index (Phi) is 4.23. The normalized spacial score (nSPS) is 26.6. The van der Waals surface area contributed by atoms with E-state index in [0.717, 1.165) is 19.3 Å². The first-order chi connectivity index (χ1) is 6.27. The quantitative estimate of drug-likeness (QED) is 0.644. The molecule has 0 spiro atoms. The highest BCUT2D eigenvalue weighted by Crippen LogP contribution is 2.24. The van der Waals surface area contributed by atoms with Crippen LogP contribution < -0.4 is 0 Å². The maximum absolute atomic E-state index is 10.0. The van der Waals surface area contributed by atoms with Crippen LogP contribution >= 0.6 is 0 Å². The summed E-state index contributed by atoms with van der Waals surface area (Å²) < 4.78 is 0. The summed E-state index contributed by atoms with van der Waals surface area (Å²) in [4.78, 5) is 0. The molecule has 1 rings (SSSR count). The van der Waals surface area contributed by atoms with E-state index in [4.69, 9.17) is 0 Å². The molecule has 0 bridgehead atoms. The van der Waals surface area contributed by atoms with Crippen LogP contribution in [0, 0.1) is 0 Å². The molecule has 1 heteroatoms. The van der Waals surface area contributed by atoms with Crippen LogP contribution in [0.5, 0.6) is 0 Å². The standard InChI is InChI=1S/C12H20O/c1-2-3-4-6-9-12(13)10-7-5-8-11-12/h5,7-8,10,13H,2-4,6,9,11H2,1H3. The smallest absolute Gasteiger partial charge is 0.0865 e. The summed E-state index contributed by atoms with van der Waals surface area (Å²) in [6, 6.07) is 0. The topological polar surface area (TPSA) is 20.2 Å². The number of unbranched alkanes of at least 4 members (excludes halogenated alkanes) is 3. The van der Waals surface area contributed by atoms with E-state index in [0.29, 0.717) is 0 Å². The van der Waals surface area contributed by atoms with Crippen molar-refractivity contribution in [3.05, 3.63) is 24.3 Å². The van der Waals surface area contributed by atoms with E-state index < -0.39 is 5.60 Å². The third-order valence-corrected chi connectivity index (χ3v) is 2.59. The fourth-order valence-electron chi connectivity index (χ4n) is 1.70. The van der Waals surface area contributed by atoms with Crippen LogP contribution in [0.25, 0.3) is 0 Å². The molecule has 0 aromatic carbocycles. The largest absolute Gasteiger partial charge is 0.385 e. The number of rotatable bonds is 5. The SMILES string of the molecule is CCCCCCC1(O)C=CC=CC1. The molecule has 1 atom stereocenters. The molecular weight excluding hydrogens is 160 g/mol. The van der Waals surface area contributed by atoms with Gasteiger partial charge in [-0.2, -0.15) is 0 Å².